The molecule has 0 aromatic heterocycles. The molecule has 0 radical (unpaired) electrons. The van der Waals surface area contributed by atoms with Gasteiger partial charge >= 0.3 is 0 Å². The first kappa shape index (κ1) is 16.2. The molecular formula is C15H20Cl3NO. The smallest absolute Gasteiger partial charge is 0.139 e. The summed E-state index contributed by atoms with van der Waals surface area (Å²) in [4.78, 5) is 0. The molecule has 0 heterocycles. The molecule has 0 aliphatic heterocycles. The lowest BCUT2D eigenvalue weighted by molar-refractivity contribution is -0.0835. The van der Waals surface area contributed by atoms with Crippen molar-refractivity contribution in [1.29, 1.82) is 0 Å². The molecule has 0 bridgehead atoms. The number of hydrogen-bond acceptors (Lipinski definition) is 2. The highest BCUT2D eigenvalue weighted by atomic mass is 35.5. The zero-order valence-electron chi connectivity index (χ0n) is 12.0. The molecule has 2 unspecified atom stereocenters. The molecule has 1 N–H and O–H groups in total. The highest BCUT2D eigenvalue weighted by Gasteiger charge is 2.53. The Bertz CT molecular complexity index is 488. The second kappa shape index (κ2) is 6.31. The average molecular weight is 337 g/mol. The van der Waals surface area contributed by atoms with Crippen molar-refractivity contribution in [2.75, 3.05) is 7.05 Å². The summed E-state index contributed by atoms with van der Waals surface area (Å²) in [5.74, 6) is 0.617. The monoisotopic (exact) mass is 335 g/mol. The normalized spacial score (nSPS) is 24.3. The standard InChI is InChI=1S/C15H20Cl3NO/c1-4-15(5-2)13(19-3)8-14(15)20-12-7-10(17)9(16)6-11(12)18/h6-7,13-14,19H,4-5,8H2,1-3H3. The predicted octanol–water partition coefficient (Wildman–Crippen LogP) is 5.19. The maximum Gasteiger partial charge on any atom is 0.139 e. The Kier molecular flexibility index (Phi) is 5.12. The SMILES string of the molecule is CCC1(CC)C(NC)CC1Oc1cc(Cl)c(Cl)cc1Cl. The lowest BCUT2D eigenvalue weighted by atomic mass is 9.58. The maximum absolute atomic E-state index is 6.19. The van der Waals surface area contributed by atoms with E-state index in [-0.39, 0.29) is 11.5 Å². The number of rotatable bonds is 5. The van der Waals surface area contributed by atoms with Gasteiger partial charge in [0.15, 0.2) is 0 Å². The van der Waals surface area contributed by atoms with Gasteiger partial charge in [0.1, 0.15) is 11.9 Å². The van der Waals surface area contributed by atoms with E-state index >= 15 is 0 Å². The third-order valence-electron chi connectivity index (χ3n) is 4.69. The number of ether oxygens (including phenoxy) is 1. The van der Waals surface area contributed by atoms with E-state index in [1.54, 1.807) is 12.1 Å². The van der Waals surface area contributed by atoms with Gasteiger partial charge in [-0.25, -0.2) is 0 Å². The van der Waals surface area contributed by atoms with Crippen molar-refractivity contribution in [3.05, 3.63) is 27.2 Å². The molecule has 1 aliphatic rings. The van der Waals surface area contributed by atoms with Crippen molar-refractivity contribution < 1.29 is 4.74 Å². The summed E-state index contributed by atoms with van der Waals surface area (Å²) in [6.07, 6.45) is 3.27. The summed E-state index contributed by atoms with van der Waals surface area (Å²) in [7, 11) is 2.01. The van der Waals surface area contributed by atoms with Gasteiger partial charge in [-0.3, -0.25) is 0 Å². The van der Waals surface area contributed by atoms with E-state index in [1.807, 2.05) is 7.05 Å². The van der Waals surface area contributed by atoms with Crippen molar-refractivity contribution in [2.45, 2.75) is 45.3 Å². The first-order valence-electron chi connectivity index (χ1n) is 6.97. The van der Waals surface area contributed by atoms with E-state index in [0.717, 1.165) is 19.3 Å². The minimum absolute atomic E-state index is 0.157. The summed E-state index contributed by atoms with van der Waals surface area (Å²) >= 11 is 18.2. The van der Waals surface area contributed by atoms with E-state index in [2.05, 4.69) is 19.2 Å². The molecule has 0 amide bonds. The van der Waals surface area contributed by atoms with Crippen molar-refractivity contribution in [2.24, 2.45) is 5.41 Å². The number of nitrogens with one attached hydrogen (secondary N) is 1. The van der Waals surface area contributed by atoms with Crippen LogP contribution in [0.4, 0.5) is 0 Å². The van der Waals surface area contributed by atoms with Gasteiger partial charge in [-0.1, -0.05) is 48.7 Å². The van der Waals surface area contributed by atoms with Gasteiger partial charge < -0.3 is 10.1 Å². The van der Waals surface area contributed by atoms with Gasteiger partial charge in [0.2, 0.25) is 0 Å². The lowest BCUT2D eigenvalue weighted by Crippen LogP contribution is -2.63. The third-order valence-corrected chi connectivity index (χ3v) is 5.71. The van der Waals surface area contributed by atoms with Gasteiger partial charge in [-0.2, -0.15) is 0 Å². The molecule has 2 nitrogen and oxygen atoms in total. The molecule has 1 aromatic rings. The van der Waals surface area contributed by atoms with Crippen molar-refractivity contribution in [3.8, 4) is 5.75 Å². The van der Waals surface area contributed by atoms with Crippen molar-refractivity contribution in [1.82, 2.24) is 5.32 Å². The molecule has 1 fully saturated rings. The van der Waals surface area contributed by atoms with Crippen molar-refractivity contribution in [3.63, 3.8) is 0 Å². The molecule has 5 heteroatoms. The van der Waals surface area contributed by atoms with Crippen LogP contribution in [0.5, 0.6) is 5.75 Å². The van der Waals surface area contributed by atoms with Crippen LogP contribution in [-0.2, 0) is 0 Å². The van der Waals surface area contributed by atoms with Crippen LogP contribution < -0.4 is 10.1 Å². The molecule has 112 valence electrons. The summed E-state index contributed by atoms with van der Waals surface area (Å²) in [5, 5.41) is 4.81. The van der Waals surface area contributed by atoms with Crippen LogP contribution in [0.2, 0.25) is 15.1 Å². The quantitative estimate of drug-likeness (QED) is 0.747. The fraction of sp³-hybridized carbons (Fsp3) is 0.600. The van der Waals surface area contributed by atoms with Gasteiger partial charge in [-0.05, 0) is 26.0 Å². The number of hydrogen-bond donors (Lipinski definition) is 1. The number of benzene rings is 1. The molecule has 0 spiro atoms. The molecule has 20 heavy (non-hydrogen) atoms. The minimum Gasteiger partial charge on any atom is -0.488 e. The predicted molar refractivity (Wildman–Crippen MR) is 86.4 cm³/mol. The lowest BCUT2D eigenvalue weighted by Gasteiger charge is -2.55. The Hall–Kier alpha value is -0.150. The minimum atomic E-state index is 0.157. The number of halogens is 3. The first-order valence-corrected chi connectivity index (χ1v) is 8.10. The molecular weight excluding hydrogens is 317 g/mol. The largest absolute Gasteiger partial charge is 0.488 e. The topological polar surface area (TPSA) is 21.3 Å². The van der Waals surface area contributed by atoms with Crippen LogP contribution in [0.25, 0.3) is 0 Å². The van der Waals surface area contributed by atoms with Gasteiger partial charge in [-0.15, -0.1) is 0 Å². The Morgan fingerprint density at radius 2 is 1.75 bits per heavy atom. The highest BCUT2D eigenvalue weighted by molar-refractivity contribution is 6.43. The summed E-state index contributed by atoms with van der Waals surface area (Å²) in [6, 6.07) is 3.83. The molecule has 0 saturated heterocycles. The van der Waals surface area contributed by atoms with Gasteiger partial charge in [0.25, 0.3) is 0 Å². The molecule has 2 atom stereocenters. The van der Waals surface area contributed by atoms with Crippen LogP contribution in [0.15, 0.2) is 12.1 Å². The summed E-state index contributed by atoms with van der Waals surface area (Å²) in [5.41, 5.74) is 0.157. The zero-order chi connectivity index (χ0) is 14.9. The van der Waals surface area contributed by atoms with Crippen LogP contribution in [0.1, 0.15) is 33.1 Å². The first-order chi connectivity index (χ1) is 9.48. The van der Waals surface area contributed by atoms with E-state index < -0.39 is 0 Å². The second-order valence-corrected chi connectivity index (χ2v) is 6.54. The molecule has 2 rings (SSSR count). The van der Waals surface area contributed by atoms with E-state index in [9.17, 15) is 0 Å². The van der Waals surface area contributed by atoms with Gasteiger partial charge in [0.05, 0.1) is 15.1 Å². The summed E-state index contributed by atoms with van der Waals surface area (Å²) in [6.45, 7) is 4.42. The summed E-state index contributed by atoms with van der Waals surface area (Å²) < 4.78 is 6.13. The Morgan fingerprint density at radius 1 is 1.15 bits per heavy atom. The van der Waals surface area contributed by atoms with Crippen LogP contribution in [0.3, 0.4) is 0 Å². The zero-order valence-corrected chi connectivity index (χ0v) is 14.2. The Labute approximate surface area is 135 Å². The van der Waals surface area contributed by atoms with Crippen LogP contribution in [0, 0.1) is 5.41 Å². The Morgan fingerprint density at radius 3 is 2.30 bits per heavy atom. The fourth-order valence-corrected chi connectivity index (χ4v) is 3.85. The van der Waals surface area contributed by atoms with E-state index in [4.69, 9.17) is 39.5 Å². The highest BCUT2D eigenvalue weighted by Crippen LogP contribution is 2.49. The second-order valence-electron chi connectivity index (χ2n) is 5.32. The maximum atomic E-state index is 6.19. The average Bonchev–Trinajstić information content (AvgIpc) is 2.41. The van der Waals surface area contributed by atoms with Crippen LogP contribution >= 0.6 is 34.8 Å². The molecule has 1 aromatic carbocycles. The van der Waals surface area contributed by atoms with Gasteiger partial charge in [0, 0.05) is 23.9 Å². The van der Waals surface area contributed by atoms with E-state index in [0.29, 0.717) is 26.9 Å². The molecule has 1 saturated carbocycles. The van der Waals surface area contributed by atoms with Crippen LogP contribution in [-0.4, -0.2) is 19.2 Å². The van der Waals surface area contributed by atoms with E-state index in [1.165, 1.54) is 0 Å². The third kappa shape index (κ3) is 2.64. The fourth-order valence-electron chi connectivity index (χ4n) is 3.26. The molecule has 1 aliphatic carbocycles. The van der Waals surface area contributed by atoms with Crippen molar-refractivity contribution >= 4 is 34.8 Å². The Balaban J connectivity index is 2.21.